The molecule has 1 N–H and O–H groups in total. The Bertz CT molecular complexity index is 740. The first-order valence-electron chi connectivity index (χ1n) is 7.57. The quantitative estimate of drug-likeness (QED) is 0.499. The number of benzene rings is 2. The lowest BCUT2D eigenvalue weighted by atomic mass is 9.87. The van der Waals surface area contributed by atoms with E-state index in [9.17, 15) is 20.0 Å². The summed E-state index contributed by atoms with van der Waals surface area (Å²) in [4.78, 5) is 22.6. The van der Waals surface area contributed by atoms with Crippen LogP contribution in [0.4, 0.5) is 5.69 Å². The van der Waals surface area contributed by atoms with Crippen LogP contribution in [0.25, 0.3) is 0 Å². The lowest BCUT2D eigenvalue weighted by molar-refractivity contribution is -0.386. The summed E-state index contributed by atoms with van der Waals surface area (Å²) in [7, 11) is 0. The minimum Gasteiger partial charge on any atom is -0.462 e. The first-order chi connectivity index (χ1) is 11.3. The molecule has 2 aromatic carbocycles. The van der Waals surface area contributed by atoms with Crippen molar-refractivity contribution in [1.82, 2.24) is 0 Å². The Labute approximate surface area is 139 Å². The second-order valence-corrected chi connectivity index (χ2v) is 5.65. The van der Waals surface area contributed by atoms with Gasteiger partial charge in [0.2, 0.25) is 0 Å². The maximum atomic E-state index is 11.8. The Hall–Kier alpha value is -2.73. The maximum Gasteiger partial charge on any atom is 0.338 e. The highest BCUT2D eigenvalue weighted by Crippen LogP contribution is 2.33. The summed E-state index contributed by atoms with van der Waals surface area (Å²) in [5.74, 6) is -0.630. The third kappa shape index (κ3) is 3.97. The molecule has 2 aromatic rings. The van der Waals surface area contributed by atoms with Gasteiger partial charge >= 0.3 is 5.97 Å². The van der Waals surface area contributed by atoms with Crippen molar-refractivity contribution < 1.29 is 19.6 Å². The summed E-state index contributed by atoms with van der Waals surface area (Å²) in [5, 5.41) is 22.2. The minimum atomic E-state index is -1.45. The molecular weight excluding hydrogens is 310 g/mol. The summed E-state index contributed by atoms with van der Waals surface area (Å²) in [5.41, 5.74) is -0.656. The van der Waals surface area contributed by atoms with Gasteiger partial charge in [-0.1, -0.05) is 30.3 Å². The van der Waals surface area contributed by atoms with Crippen LogP contribution >= 0.6 is 0 Å². The highest BCUT2D eigenvalue weighted by molar-refractivity contribution is 5.90. The van der Waals surface area contributed by atoms with Crippen molar-refractivity contribution in [2.75, 3.05) is 6.61 Å². The number of hydrogen-bond donors (Lipinski definition) is 1. The number of esters is 1. The summed E-state index contributed by atoms with van der Waals surface area (Å²) >= 11 is 0. The Morgan fingerprint density at radius 2 is 1.92 bits per heavy atom. The van der Waals surface area contributed by atoms with E-state index in [1.54, 1.807) is 6.92 Å². The molecule has 0 aliphatic carbocycles. The fourth-order valence-electron chi connectivity index (χ4n) is 2.57. The topological polar surface area (TPSA) is 89.7 Å². The standard InChI is InChI=1S/C18H19NO5/c1-3-24-17(20)14-9-10-15(16(11-14)19(22)23)18(2,21)12-13-7-5-4-6-8-13/h4-11,21H,3,12H2,1-2H3. The molecule has 0 aromatic heterocycles. The molecule has 0 spiro atoms. The highest BCUT2D eigenvalue weighted by Gasteiger charge is 2.32. The van der Waals surface area contributed by atoms with Crippen LogP contribution in [0.2, 0.25) is 0 Å². The molecule has 0 saturated carbocycles. The predicted molar refractivity (Wildman–Crippen MR) is 88.8 cm³/mol. The highest BCUT2D eigenvalue weighted by atomic mass is 16.6. The van der Waals surface area contributed by atoms with Crippen molar-refractivity contribution in [3.63, 3.8) is 0 Å². The maximum absolute atomic E-state index is 11.8. The number of nitro groups is 1. The molecule has 0 fully saturated rings. The van der Waals surface area contributed by atoms with Gasteiger partial charge < -0.3 is 9.84 Å². The molecule has 1 unspecified atom stereocenters. The molecule has 6 nitrogen and oxygen atoms in total. The molecule has 0 aliphatic heterocycles. The summed E-state index contributed by atoms with van der Waals surface area (Å²) in [6, 6.07) is 13.2. The van der Waals surface area contributed by atoms with Crippen LogP contribution in [0.5, 0.6) is 0 Å². The van der Waals surface area contributed by atoms with Crippen molar-refractivity contribution >= 4 is 11.7 Å². The van der Waals surface area contributed by atoms with Gasteiger partial charge in [-0.25, -0.2) is 4.79 Å². The van der Waals surface area contributed by atoms with E-state index in [1.165, 1.54) is 19.1 Å². The Morgan fingerprint density at radius 1 is 1.25 bits per heavy atom. The third-order valence-electron chi connectivity index (χ3n) is 3.68. The molecule has 6 heteroatoms. The summed E-state index contributed by atoms with van der Waals surface area (Å²) in [6.45, 7) is 3.36. The van der Waals surface area contributed by atoms with Crippen LogP contribution in [0, 0.1) is 10.1 Å². The van der Waals surface area contributed by atoms with Gasteiger partial charge in [0, 0.05) is 12.5 Å². The number of nitrogens with zero attached hydrogens (tertiary/aromatic N) is 1. The smallest absolute Gasteiger partial charge is 0.338 e. The SMILES string of the molecule is CCOC(=O)c1ccc(C(C)(O)Cc2ccccc2)c([N+](=O)[O-])c1. The molecule has 0 radical (unpaired) electrons. The molecular formula is C18H19NO5. The monoisotopic (exact) mass is 329 g/mol. The predicted octanol–water partition coefficient (Wildman–Crippen LogP) is 3.22. The van der Waals surface area contributed by atoms with Gasteiger partial charge in [0.25, 0.3) is 5.69 Å². The van der Waals surface area contributed by atoms with Crippen molar-refractivity contribution in [3.8, 4) is 0 Å². The Balaban J connectivity index is 2.41. The van der Waals surface area contributed by atoms with E-state index in [2.05, 4.69) is 0 Å². The zero-order chi connectivity index (χ0) is 17.7. The molecule has 126 valence electrons. The Morgan fingerprint density at radius 3 is 2.50 bits per heavy atom. The minimum absolute atomic E-state index is 0.0859. The van der Waals surface area contributed by atoms with Gasteiger partial charge in [0.05, 0.1) is 28.3 Å². The zero-order valence-electron chi connectivity index (χ0n) is 13.6. The van der Waals surface area contributed by atoms with Crippen molar-refractivity contribution in [3.05, 3.63) is 75.3 Å². The fourth-order valence-corrected chi connectivity index (χ4v) is 2.57. The fraction of sp³-hybridized carbons (Fsp3) is 0.278. The van der Waals surface area contributed by atoms with Crippen molar-refractivity contribution in [1.29, 1.82) is 0 Å². The molecule has 2 rings (SSSR count). The van der Waals surface area contributed by atoms with Crippen LogP contribution in [-0.2, 0) is 16.8 Å². The Kier molecular flexibility index (Phi) is 5.31. The molecule has 24 heavy (non-hydrogen) atoms. The second kappa shape index (κ2) is 7.23. The van der Waals surface area contributed by atoms with Gasteiger partial charge in [-0.2, -0.15) is 0 Å². The lowest BCUT2D eigenvalue weighted by Crippen LogP contribution is -2.25. The second-order valence-electron chi connectivity index (χ2n) is 5.65. The van der Waals surface area contributed by atoms with Crippen LogP contribution in [0.1, 0.15) is 35.3 Å². The number of carbonyl (C=O) groups excluding carboxylic acids is 1. The summed E-state index contributed by atoms with van der Waals surface area (Å²) in [6.07, 6.45) is 0.216. The number of ether oxygens (including phenoxy) is 1. The van der Waals surface area contributed by atoms with Crippen LogP contribution in [0.3, 0.4) is 0 Å². The number of rotatable bonds is 6. The first-order valence-corrected chi connectivity index (χ1v) is 7.57. The van der Waals surface area contributed by atoms with Crippen molar-refractivity contribution in [2.45, 2.75) is 25.9 Å². The largest absolute Gasteiger partial charge is 0.462 e. The molecule has 0 amide bonds. The van der Waals surface area contributed by atoms with Gasteiger partial charge in [-0.3, -0.25) is 10.1 Å². The van der Waals surface area contributed by atoms with E-state index >= 15 is 0 Å². The van der Waals surface area contributed by atoms with Gasteiger partial charge in [-0.05, 0) is 31.5 Å². The van der Waals surface area contributed by atoms with E-state index in [4.69, 9.17) is 4.74 Å². The van der Waals surface area contributed by atoms with E-state index in [-0.39, 0.29) is 29.8 Å². The number of aliphatic hydroxyl groups is 1. The van der Waals surface area contributed by atoms with E-state index in [0.717, 1.165) is 11.6 Å². The van der Waals surface area contributed by atoms with E-state index in [1.807, 2.05) is 30.3 Å². The summed E-state index contributed by atoms with van der Waals surface area (Å²) < 4.78 is 4.86. The molecule has 0 saturated heterocycles. The molecule has 0 aliphatic rings. The number of hydrogen-bond acceptors (Lipinski definition) is 5. The molecule has 0 heterocycles. The number of nitro benzene ring substituents is 1. The van der Waals surface area contributed by atoms with Crippen molar-refractivity contribution in [2.24, 2.45) is 0 Å². The third-order valence-corrected chi connectivity index (χ3v) is 3.68. The van der Waals surface area contributed by atoms with Gasteiger partial charge in [-0.15, -0.1) is 0 Å². The van der Waals surface area contributed by atoms with Crippen LogP contribution < -0.4 is 0 Å². The van der Waals surface area contributed by atoms with Gasteiger partial charge in [0.1, 0.15) is 0 Å². The van der Waals surface area contributed by atoms with Crippen LogP contribution in [-0.4, -0.2) is 22.6 Å². The average molecular weight is 329 g/mol. The normalized spacial score (nSPS) is 13.1. The lowest BCUT2D eigenvalue weighted by Gasteiger charge is -2.24. The zero-order valence-corrected chi connectivity index (χ0v) is 13.6. The number of carbonyl (C=O) groups is 1. The van der Waals surface area contributed by atoms with E-state index in [0.29, 0.717) is 0 Å². The van der Waals surface area contributed by atoms with Gasteiger partial charge in [0.15, 0.2) is 0 Å². The average Bonchev–Trinajstić information content (AvgIpc) is 2.55. The molecule has 0 bridgehead atoms. The molecule has 1 atom stereocenters. The first kappa shape index (κ1) is 17.6. The van der Waals surface area contributed by atoms with E-state index < -0.39 is 16.5 Å². The van der Waals surface area contributed by atoms with Crippen LogP contribution in [0.15, 0.2) is 48.5 Å².